The summed E-state index contributed by atoms with van der Waals surface area (Å²) >= 11 is 1.61. The van der Waals surface area contributed by atoms with Crippen molar-refractivity contribution in [2.45, 2.75) is 18.4 Å². The Morgan fingerprint density at radius 1 is 1.03 bits per heavy atom. The summed E-state index contributed by atoms with van der Waals surface area (Å²) in [6.45, 7) is 0. The predicted molar refractivity (Wildman–Crippen MR) is 118 cm³/mol. The Labute approximate surface area is 177 Å². The first-order valence-electron chi connectivity index (χ1n) is 9.88. The van der Waals surface area contributed by atoms with Crippen LogP contribution in [0, 0.1) is 0 Å². The first kappa shape index (κ1) is 17.5. The predicted octanol–water partition coefficient (Wildman–Crippen LogP) is 4.93. The average molecular weight is 411 g/mol. The molecule has 1 aromatic carbocycles. The zero-order valence-electron chi connectivity index (χ0n) is 16.0. The Balaban J connectivity index is 1.40. The molecule has 6 rings (SSSR count). The lowest BCUT2D eigenvalue weighted by Gasteiger charge is -2.24. The van der Waals surface area contributed by atoms with Crippen LogP contribution in [0.4, 0.5) is 0 Å². The molecule has 0 aliphatic heterocycles. The maximum Gasteiger partial charge on any atom is 0.137 e. The standard InChI is InChI=1S/C24H18N4OS/c29-24(9-8-15-5-2-10-25-21(15)24)17-6-1-4-16(12-17)20-14-30-23(28-20)19-13-27-22-18(19)7-3-11-26-22/h1-7,10-14,29H,8-9H2,(H,26,27)/t24-/m1/s1. The van der Waals surface area contributed by atoms with Crippen molar-refractivity contribution in [1.29, 1.82) is 0 Å². The van der Waals surface area contributed by atoms with Gasteiger partial charge in [-0.25, -0.2) is 9.97 Å². The minimum Gasteiger partial charge on any atom is -0.379 e. The van der Waals surface area contributed by atoms with Gasteiger partial charge in [-0.15, -0.1) is 11.3 Å². The smallest absolute Gasteiger partial charge is 0.137 e. The lowest BCUT2D eigenvalue weighted by Crippen LogP contribution is -2.25. The molecule has 146 valence electrons. The highest BCUT2D eigenvalue weighted by atomic mass is 32.1. The van der Waals surface area contributed by atoms with Crippen LogP contribution >= 0.6 is 11.3 Å². The zero-order valence-corrected chi connectivity index (χ0v) is 16.9. The van der Waals surface area contributed by atoms with Crippen LogP contribution in [-0.2, 0) is 12.0 Å². The van der Waals surface area contributed by atoms with Crippen LogP contribution in [0.15, 0.2) is 72.5 Å². The maximum absolute atomic E-state index is 11.5. The van der Waals surface area contributed by atoms with Gasteiger partial charge in [-0.05, 0) is 48.2 Å². The SMILES string of the molecule is O[C@@]1(c2cccc(-c3csc(-c4c[nH]c5ncccc45)n3)c2)CCc2cccnc21. The number of nitrogens with one attached hydrogen (secondary N) is 1. The van der Waals surface area contributed by atoms with Gasteiger partial charge < -0.3 is 10.1 Å². The molecule has 6 heteroatoms. The van der Waals surface area contributed by atoms with E-state index < -0.39 is 5.60 Å². The Bertz CT molecular complexity index is 1390. The summed E-state index contributed by atoms with van der Waals surface area (Å²) in [6, 6.07) is 16.0. The third-order valence-electron chi connectivity index (χ3n) is 5.86. The number of aryl methyl sites for hydroxylation is 1. The number of aromatic nitrogens is 4. The van der Waals surface area contributed by atoms with Gasteiger partial charge >= 0.3 is 0 Å². The molecule has 1 aliphatic rings. The number of pyridine rings is 2. The second-order valence-electron chi connectivity index (χ2n) is 7.59. The Morgan fingerprint density at radius 2 is 1.93 bits per heavy atom. The molecule has 4 heterocycles. The summed E-state index contributed by atoms with van der Waals surface area (Å²) in [7, 11) is 0. The summed E-state index contributed by atoms with van der Waals surface area (Å²) in [5, 5.41) is 15.5. The van der Waals surface area contributed by atoms with E-state index in [0.717, 1.165) is 56.1 Å². The van der Waals surface area contributed by atoms with Gasteiger partial charge in [0.05, 0.1) is 11.4 Å². The summed E-state index contributed by atoms with van der Waals surface area (Å²) in [5.41, 5.74) is 5.51. The summed E-state index contributed by atoms with van der Waals surface area (Å²) in [5.74, 6) is 0. The van der Waals surface area contributed by atoms with Gasteiger partial charge in [-0.1, -0.05) is 24.3 Å². The quantitative estimate of drug-likeness (QED) is 0.442. The second-order valence-corrected chi connectivity index (χ2v) is 8.45. The van der Waals surface area contributed by atoms with Crippen LogP contribution in [0.1, 0.15) is 23.2 Å². The number of rotatable bonds is 3. The number of thiazole rings is 1. The number of benzene rings is 1. The minimum absolute atomic E-state index is 0.646. The van der Waals surface area contributed by atoms with E-state index in [1.807, 2.05) is 48.7 Å². The molecule has 0 saturated carbocycles. The van der Waals surface area contributed by atoms with E-state index in [2.05, 4.69) is 26.4 Å². The lowest BCUT2D eigenvalue weighted by atomic mass is 9.89. The van der Waals surface area contributed by atoms with Crippen molar-refractivity contribution in [3.05, 3.63) is 89.3 Å². The third kappa shape index (κ3) is 2.61. The first-order valence-corrected chi connectivity index (χ1v) is 10.8. The average Bonchev–Trinajstić information content (AvgIpc) is 3.52. The molecule has 30 heavy (non-hydrogen) atoms. The number of aromatic amines is 1. The summed E-state index contributed by atoms with van der Waals surface area (Å²) in [6.07, 6.45) is 6.97. The molecule has 0 fully saturated rings. The van der Waals surface area contributed by atoms with Crippen molar-refractivity contribution >= 4 is 22.4 Å². The number of nitrogens with zero attached hydrogens (tertiary/aromatic N) is 3. The number of fused-ring (bicyclic) bond motifs is 2. The van der Waals surface area contributed by atoms with Gasteiger partial charge in [0.15, 0.2) is 0 Å². The van der Waals surface area contributed by atoms with Crippen molar-refractivity contribution in [3.8, 4) is 21.8 Å². The Kier molecular flexibility index (Phi) is 3.84. The van der Waals surface area contributed by atoms with Crippen molar-refractivity contribution in [2.24, 2.45) is 0 Å². The van der Waals surface area contributed by atoms with E-state index in [1.165, 1.54) is 0 Å². The van der Waals surface area contributed by atoms with Gasteiger partial charge in [0, 0.05) is 40.5 Å². The fraction of sp³-hybridized carbons (Fsp3) is 0.125. The third-order valence-corrected chi connectivity index (χ3v) is 6.74. The van der Waals surface area contributed by atoms with Crippen LogP contribution < -0.4 is 0 Å². The Hall–Kier alpha value is -3.35. The van der Waals surface area contributed by atoms with Crippen LogP contribution in [0.3, 0.4) is 0 Å². The molecular weight excluding hydrogens is 392 g/mol. The van der Waals surface area contributed by atoms with Crippen molar-refractivity contribution in [2.75, 3.05) is 0 Å². The second kappa shape index (κ2) is 6.58. The molecule has 0 saturated heterocycles. The molecule has 0 radical (unpaired) electrons. The number of hydrogen-bond donors (Lipinski definition) is 2. The van der Waals surface area contributed by atoms with Gasteiger partial charge in [-0.3, -0.25) is 4.98 Å². The molecule has 1 atom stereocenters. The zero-order chi connectivity index (χ0) is 20.1. The van der Waals surface area contributed by atoms with Gasteiger partial charge in [0.1, 0.15) is 16.3 Å². The fourth-order valence-electron chi connectivity index (χ4n) is 4.33. The lowest BCUT2D eigenvalue weighted by molar-refractivity contribution is 0.0788. The number of aliphatic hydroxyl groups is 1. The Morgan fingerprint density at radius 3 is 2.90 bits per heavy atom. The van der Waals surface area contributed by atoms with E-state index in [9.17, 15) is 5.11 Å². The molecule has 5 aromatic rings. The van der Waals surface area contributed by atoms with Crippen LogP contribution in [0.2, 0.25) is 0 Å². The van der Waals surface area contributed by atoms with Crippen molar-refractivity contribution in [3.63, 3.8) is 0 Å². The topological polar surface area (TPSA) is 74.7 Å². The highest BCUT2D eigenvalue weighted by molar-refractivity contribution is 7.13. The highest BCUT2D eigenvalue weighted by Crippen LogP contribution is 2.42. The molecule has 0 unspecified atom stereocenters. The van der Waals surface area contributed by atoms with Gasteiger partial charge in [0.25, 0.3) is 0 Å². The van der Waals surface area contributed by atoms with Gasteiger partial charge in [-0.2, -0.15) is 0 Å². The first-order chi connectivity index (χ1) is 14.7. The van der Waals surface area contributed by atoms with Crippen molar-refractivity contribution < 1.29 is 5.11 Å². The van der Waals surface area contributed by atoms with Crippen LogP contribution in [0.25, 0.3) is 32.9 Å². The molecular formula is C24H18N4OS. The molecule has 0 bridgehead atoms. The molecule has 0 spiro atoms. The van der Waals surface area contributed by atoms with Crippen LogP contribution in [0.5, 0.6) is 0 Å². The van der Waals surface area contributed by atoms with E-state index in [0.29, 0.717) is 6.42 Å². The molecule has 1 aliphatic carbocycles. The van der Waals surface area contributed by atoms with Gasteiger partial charge in [0.2, 0.25) is 0 Å². The normalized spacial score (nSPS) is 18.0. The number of hydrogen-bond acceptors (Lipinski definition) is 5. The number of H-pyrrole nitrogens is 1. The molecule has 5 nitrogen and oxygen atoms in total. The molecule has 0 amide bonds. The van der Waals surface area contributed by atoms with Crippen LogP contribution in [-0.4, -0.2) is 25.0 Å². The highest BCUT2D eigenvalue weighted by Gasteiger charge is 2.39. The molecule has 2 N–H and O–H groups in total. The monoisotopic (exact) mass is 410 g/mol. The fourth-order valence-corrected chi connectivity index (χ4v) is 5.19. The van der Waals surface area contributed by atoms with E-state index >= 15 is 0 Å². The van der Waals surface area contributed by atoms with E-state index in [1.54, 1.807) is 23.7 Å². The summed E-state index contributed by atoms with van der Waals surface area (Å²) in [4.78, 5) is 16.9. The van der Waals surface area contributed by atoms with E-state index in [4.69, 9.17) is 4.98 Å². The largest absolute Gasteiger partial charge is 0.379 e. The van der Waals surface area contributed by atoms with E-state index in [-0.39, 0.29) is 0 Å². The minimum atomic E-state index is -1.05. The van der Waals surface area contributed by atoms with Crippen molar-refractivity contribution in [1.82, 2.24) is 19.9 Å². The molecule has 4 aromatic heterocycles. The summed E-state index contributed by atoms with van der Waals surface area (Å²) < 4.78 is 0. The maximum atomic E-state index is 11.5.